The number of aromatic nitrogens is 2. The van der Waals surface area contributed by atoms with Crippen LogP contribution in [0.15, 0.2) is 42.5 Å². The quantitative estimate of drug-likeness (QED) is 0.496. The van der Waals surface area contributed by atoms with Gasteiger partial charge in [0.05, 0.1) is 51.8 Å². The lowest BCUT2D eigenvalue weighted by Gasteiger charge is -2.15. The first kappa shape index (κ1) is 23.1. The lowest BCUT2D eigenvalue weighted by molar-refractivity contribution is -0.136. The maximum Gasteiger partial charge on any atom is 0.307 e. The number of aliphatic hydroxyl groups excluding tert-OH is 1. The molecule has 2 N–H and O–H groups in total. The van der Waals surface area contributed by atoms with E-state index in [4.69, 9.17) is 19.3 Å². The van der Waals surface area contributed by atoms with Crippen molar-refractivity contribution in [2.24, 2.45) is 0 Å². The summed E-state index contributed by atoms with van der Waals surface area (Å²) < 4.78 is 18.3. The summed E-state index contributed by atoms with van der Waals surface area (Å²) in [5.74, 6) is 0.792. The largest absolute Gasteiger partial charge is 0.496 e. The predicted molar refractivity (Wildman–Crippen MR) is 120 cm³/mol. The molecule has 32 heavy (non-hydrogen) atoms. The third-order valence-corrected chi connectivity index (χ3v) is 5.21. The van der Waals surface area contributed by atoms with Crippen molar-refractivity contribution in [2.75, 3.05) is 21.3 Å². The van der Waals surface area contributed by atoms with Crippen LogP contribution in [0.5, 0.6) is 17.2 Å². The highest BCUT2D eigenvalue weighted by Gasteiger charge is 2.21. The molecule has 0 fully saturated rings. The number of nitrogens with zero attached hydrogens (tertiary/aromatic N) is 2. The molecule has 1 heterocycles. The van der Waals surface area contributed by atoms with Gasteiger partial charge in [0.1, 0.15) is 5.75 Å². The van der Waals surface area contributed by atoms with Gasteiger partial charge in [-0.3, -0.25) is 9.48 Å². The SMILES string of the molecule is CC[C@@H](O)Cn1nc(-c2cc(CC(=O)O)ccc2OC)cc1-c1cccc(OC)c1OC. The number of benzene rings is 2. The highest BCUT2D eigenvalue weighted by Crippen LogP contribution is 2.40. The lowest BCUT2D eigenvalue weighted by atomic mass is 10.0. The monoisotopic (exact) mass is 440 g/mol. The molecule has 0 aliphatic carbocycles. The Morgan fingerprint density at radius 3 is 2.41 bits per heavy atom. The Hall–Kier alpha value is -3.52. The molecule has 8 nitrogen and oxygen atoms in total. The molecule has 0 amide bonds. The molecule has 8 heteroatoms. The maximum atomic E-state index is 11.2. The van der Waals surface area contributed by atoms with Crippen LogP contribution in [-0.2, 0) is 17.8 Å². The van der Waals surface area contributed by atoms with Crippen molar-refractivity contribution in [3.8, 4) is 39.8 Å². The van der Waals surface area contributed by atoms with E-state index >= 15 is 0 Å². The van der Waals surface area contributed by atoms with Crippen molar-refractivity contribution in [1.82, 2.24) is 9.78 Å². The number of hydrogen-bond donors (Lipinski definition) is 2. The molecule has 3 rings (SSSR count). The third kappa shape index (κ3) is 4.86. The molecule has 1 aromatic heterocycles. The highest BCUT2D eigenvalue weighted by atomic mass is 16.5. The molecule has 0 unspecified atom stereocenters. The number of hydrogen-bond acceptors (Lipinski definition) is 6. The molecule has 3 aromatic rings. The average molecular weight is 440 g/mol. The van der Waals surface area contributed by atoms with Crippen LogP contribution in [0.4, 0.5) is 0 Å². The smallest absolute Gasteiger partial charge is 0.307 e. The fourth-order valence-electron chi connectivity index (χ4n) is 3.56. The van der Waals surface area contributed by atoms with Gasteiger partial charge in [-0.05, 0) is 42.3 Å². The van der Waals surface area contributed by atoms with E-state index < -0.39 is 12.1 Å². The summed E-state index contributed by atoms with van der Waals surface area (Å²) in [5.41, 5.74) is 3.39. The molecule has 0 spiro atoms. The fourth-order valence-corrected chi connectivity index (χ4v) is 3.56. The summed E-state index contributed by atoms with van der Waals surface area (Å²) in [6.07, 6.45) is -0.122. The average Bonchev–Trinajstić information content (AvgIpc) is 3.21. The standard InChI is InChI=1S/C24H28N2O6/c1-5-16(27)14-26-20(17-7-6-8-22(31-3)24(17)32-4)13-19(25-26)18-11-15(12-23(28)29)9-10-21(18)30-2/h6-11,13,16,27H,5,12,14H2,1-4H3,(H,28,29)/t16-/m1/s1. The van der Waals surface area contributed by atoms with E-state index in [2.05, 4.69) is 0 Å². The molecular formula is C24H28N2O6. The van der Waals surface area contributed by atoms with Crippen LogP contribution in [0.1, 0.15) is 18.9 Å². The number of para-hydroxylation sites is 1. The first-order chi connectivity index (χ1) is 15.4. The topological polar surface area (TPSA) is 103 Å². The summed E-state index contributed by atoms with van der Waals surface area (Å²) in [7, 11) is 4.70. The normalized spacial score (nSPS) is 11.8. The Morgan fingerprint density at radius 2 is 1.78 bits per heavy atom. The fraction of sp³-hybridized carbons (Fsp3) is 0.333. The number of methoxy groups -OCH3 is 3. The second kappa shape index (κ2) is 10.2. The maximum absolute atomic E-state index is 11.2. The summed E-state index contributed by atoms with van der Waals surface area (Å²) in [6.45, 7) is 2.18. The Kier molecular flexibility index (Phi) is 7.37. The minimum Gasteiger partial charge on any atom is -0.496 e. The number of carboxylic acids is 1. The van der Waals surface area contributed by atoms with Crippen LogP contribution < -0.4 is 14.2 Å². The van der Waals surface area contributed by atoms with Crippen LogP contribution in [-0.4, -0.2) is 53.4 Å². The highest BCUT2D eigenvalue weighted by molar-refractivity contribution is 5.78. The molecular weight excluding hydrogens is 412 g/mol. The number of aliphatic carboxylic acids is 1. The van der Waals surface area contributed by atoms with Crippen molar-refractivity contribution in [3.63, 3.8) is 0 Å². The summed E-state index contributed by atoms with van der Waals surface area (Å²) in [5, 5.41) is 24.2. The zero-order chi connectivity index (χ0) is 23.3. The van der Waals surface area contributed by atoms with Crippen molar-refractivity contribution < 1.29 is 29.2 Å². The Labute approximate surface area is 187 Å². The molecule has 0 radical (unpaired) electrons. The van der Waals surface area contributed by atoms with Crippen molar-refractivity contribution in [3.05, 3.63) is 48.0 Å². The summed E-state index contributed by atoms with van der Waals surface area (Å²) in [6, 6.07) is 12.7. The van der Waals surface area contributed by atoms with Crippen molar-refractivity contribution in [1.29, 1.82) is 0 Å². The van der Waals surface area contributed by atoms with Gasteiger partial charge in [-0.1, -0.05) is 19.1 Å². The molecule has 170 valence electrons. The van der Waals surface area contributed by atoms with Crippen LogP contribution in [0, 0.1) is 0 Å². The van der Waals surface area contributed by atoms with Crippen LogP contribution in [0.3, 0.4) is 0 Å². The molecule has 0 aliphatic rings. The second-order valence-corrected chi connectivity index (χ2v) is 7.31. The van der Waals surface area contributed by atoms with E-state index in [1.54, 1.807) is 44.2 Å². The van der Waals surface area contributed by atoms with Gasteiger partial charge in [-0.25, -0.2) is 0 Å². The summed E-state index contributed by atoms with van der Waals surface area (Å²) in [4.78, 5) is 11.2. The van der Waals surface area contributed by atoms with Crippen LogP contribution >= 0.6 is 0 Å². The van der Waals surface area contributed by atoms with Gasteiger partial charge in [0, 0.05) is 11.1 Å². The second-order valence-electron chi connectivity index (χ2n) is 7.31. The number of carbonyl (C=O) groups is 1. The summed E-state index contributed by atoms with van der Waals surface area (Å²) >= 11 is 0. The molecule has 1 atom stereocenters. The van der Waals surface area contributed by atoms with E-state index in [-0.39, 0.29) is 13.0 Å². The number of rotatable bonds is 10. The lowest BCUT2D eigenvalue weighted by Crippen LogP contribution is -2.16. The van der Waals surface area contributed by atoms with Crippen molar-refractivity contribution >= 4 is 5.97 Å². The van der Waals surface area contributed by atoms with Crippen LogP contribution in [0.2, 0.25) is 0 Å². The third-order valence-electron chi connectivity index (χ3n) is 5.21. The molecule has 2 aromatic carbocycles. The number of ether oxygens (including phenoxy) is 3. The molecule has 0 saturated carbocycles. The first-order valence-corrected chi connectivity index (χ1v) is 10.3. The van der Waals surface area contributed by atoms with Gasteiger partial charge in [-0.15, -0.1) is 0 Å². The van der Waals surface area contributed by atoms with Gasteiger partial charge in [-0.2, -0.15) is 5.10 Å². The Morgan fingerprint density at radius 1 is 1.03 bits per heavy atom. The zero-order valence-corrected chi connectivity index (χ0v) is 18.7. The van der Waals surface area contributed by atoms with Gasteiger partial charge >= 0.3 is 5.97 Å². The van der Waals surface area contributed by atoms with Gasteiger partial charge < -0.3 is 24.4 Å². The van der Waals surface area contributed by atoms with E-state index in [1.165, 1.54) is 0 Å². The molecule has 0 bridgehead atoms. The Balaban J connectivity index is 2.20. The van der Waals surface area contributed by atoms with E-state index in [1.807, 2.05) is 31.2 Å². The van der Waals surface area contributed by atoms with E-state index in [0.717, 1.165) is 11.3 Å². The predicted octanol–water partition coefficient (Wildman–Crippen LogP) is 3.64. The van der Waals surface area contributed by atoms with Gasteiger partial charge in [0.15, 0.2) is 11.5 Å². The number of carboxylic acid groups (broad SMARTS) is 1. The molecule has 0 saturated heterocycles. The Bertz CT molecular complexity index is 1090. The molecule has 0 aliphatic heterocycles. The number of aliphatic hydroxyl groups is 1. The van der Waals surface area contributed by atoms with E-state index in [0.29, 0.717) is 40.5 Å². The van der Waals surface area contributed by atoms with E-state index in [9.17, 15) is 15.0 Å². The van der Waals surface area contributed by atoms with Gasteiger partial charge in [0.25, 0.3) is 0 Å². The van der Waals surface area contributed by atoms with Crippen molar-refractivity contribution in [2.45, 2.75) is 32.4 Å². The van der Waals surface area contributed by atoms with Gasteiger partial charge in [0.2, 0.25) is 0 Å². The minimum absolute atomic E-state index is 0.108. The minimum atomic E-state index is -0.917. The zero-order valence-electron chi connectivity index (χ0n) is 18.7. The van der Waals surface area contributed by atoms with Crippen LogP contribution in [0.25, 0.3) is 22.5 Å². The first-order valence-electron chi connectivity index (χ1n) is 10.3.